The van der Waals surface area contributed by atoms with Crippen LogP contribution in [0.3, 0.4) is 0 Å². The van der Waals surface area contributed by atoms with Crippen LogP contribution in [0.1, 0.15) is 61.0 Å². The van der Waals surface area contributed by atoms with Gasteiger partial charge in [-0.05, 0) is 50.8 Å². The molecule has 3 heterocycles. The van der Waals surface area contributed by atoms with Crippen LogP contribution >= 0.6 is 0 Å². The molecule has 1 spiro atoms. The van der Waals surface area contributed by atoms with Crippen molar-refractivity contribution in [2.75, 3.05) is 11.9 Å². The first-order valence-electron chi connectivity index (χ1n) is 10.4. The molecule has 1 saturated carbocycles. The minimum Gasteiger partial charge on any atom is -0.362 e. The molecule has 5 nitrogen and oxygen atoms in total. The monoisotopic (exact) mass is 385 g/mol. The fraction of sp³-hybridized carbons (Fsp3) is 0.375. The summed E-state index contributed by atoms with van der Waals surface area (Å²) in [6.45, 7) is 13.6. The smallest absolute Gasteiger partial charge is 0.152 e. The van der Waals surface area contributed by atoms with Crippen molar-refractivity contribution in [3.05, 3.63) is 60.1 Å². The minimum atomic E-state index is 0.0292. The summed E-state index contributed by atoms with van der Waals surface area (Å²) in [6.07, 6.45) is 10.1. The van der Waals surface area contributed by atoms with Crippen molar-refractivity contribution < 1.29 is 0 Å². The van der Waals surface area contributed by atoms with Gasteiger partial charge in [0.2, 0.25) is 0 Å². The van der Waals surface area contributed by atoms with Gasteiger partial charge in [0, 0.05) is 41.2 Å². The van der Waals surface area contributed by atoms with Gasteiger partial charge in [0.05, 0.1) is 11.7 Å². The number of hydrogen-bond donors (Lipinski definition) is 1. The third-order valence-corrected chi connectivity index (χ3v) is 6.73. The van der Waals surface area contributed by atoms with Gasteiger partial charge in [-0.3, -0.25) is 4.98 Å². The van der Waals surface area contributed by atoms with Crippen LogP contribution < -0.4 is 5.32 Å². The van der Waals surface area contributed by atoms with E-state index in [0.29, 0.717) is 0 Å². The first-order chi connectivity index (χ1) is 14.0. The fourth-order valence-electron chi connectivity index (χ4n) is 4.97. The van der Waals surface area contributed by atoms with Crippen LogP contribution in [-0.4, -0.2) is 27.2 Å². The molecule has 1 aromatic carbocycles. The SMILES string of the molecule is C=Cc1nccnc1NC(C)c1cc(C)cc2c1N=C1N(CCC13CCC3)C2=C. The van der Waals surface area contributed by atoms with Crippen LogP contribution in [0.25, 0.3) is 11.8 Å². The Hall–Kier alpha value is -2.95. The lowest BCUT2D eigenvalue weighted by Gasteiger charge is -2.41. The van der Waals surface area contributed by atoms with Crippen molar-refractivity contribution >= 4 is 29.1 Å². The van der Waals surface area contributed by atoms with Crippen molar-refractivity contribution in [2.24, 2.45) is 10.4 Å². The second-order valence-electron chi connectivity index (χ2n) is 8.53. The molecule has 5 heteroatoms. The molecule has 0 radical (unpaired) electrons. The van der Waals surface area contributed by atoms with E-state index in [1.807, 2.05) is 0 Å². The number of fused-ring (bicyclic) bond motifs is 3. The highest BCUT2D eigenvalue weighted by molar-refractivity contribution is 6.03. The summed E-state index contributed by atoms with van der Waals surface area (Å²) in [5.41, 5.74) is 6.73. The Morgan fingerprint density at radius 2 is 2.00 bits per heavy atom. The van der Waals surface area contributed by atoms with Crippen molar-refractivity contribution in [2.45, 2.75) is 45.6 Å². The molecule has 29 heavy (non-hydrogen) atoms. The second kappa shape index (κ2) is 6.55. The van der Waals surface area contributed by atoms with E-state index in [-0.39, 0.29) is 11.5 Å². The zero-order valence-electron chi connectivity index (χ0n) is 17.2. The number of amidine groups is 1. The Kier molecular flexibility index (Phi) is 4.09. The second-order valence-corrected chi connectivity index (χ2v) is 8.53. The number of aliphatic imine (C=N–C) groups is 1. The Morgan fingerprint density at radius 3 is 2.72 bits per heavy atom. The average Bonchev–Trinajstić information content (AvgIpc) is 3.09. The maximum absolute atomic E-state index is 5.26. The predicted octanol–water partition coefficient (Wildman–Crippen LogP) is 5.49. The summed E-state index contributed by atoms with van der Waals surface area (Å²) in [5.74, 6) is 1.98. The van der Waals surface area contributed by atoms with Crippen LogP contribution in [0.2, 0.25) is 0 Å². The zero-order chi connectivity index (χ0) is 20.2. The van der Waals surface area contributed by atoms with E-state index in [2.05, 4.69) is 59.3 Å². The minimum absolute atomic E-state index is 0.0292. The van der Waals surface area contributed by atoms with Crippen molar-refractivity contribution in [3.63, 3.8) is 0 Å². The van der Waals surface area contributed by atoms with E-state index < -0.39 is 0 Å². The summed E-state index contributed by atoms with van der Waals surface area (Å²) in [5, 5.41) is 3.52. The summed E-state index contributed by atoms with van der Waals surface area (Å²) in [6, 6.07) is 4.48. The molecule has 1 unspecified atom stereocenters. The molecule has 3 aliphatic rings. The third-order valence-electron chi connectivity index (χ3n) is 6.73. The summed E-state index contributed by atoms with van der Waals surface area (Å²) in [4.78, 5) is 16.4. The molecule has 5 rings (SSSR count). The Morgan fingerprint density at radius 1 is 1.21 bits per heavy atom. The Labute approximate surface area is 172 Å². The molecule has 2 aliphatic heterocycles. The number of nitrogens with zero attached hydrogens (tertiary/aromatic N) is 4. The third kappa shape index (κ3) is 2.71. The lowest BCUT2D eigenvalue weighted by molar-refractivity contribution is 0.236. The molecular formula is C24H27N5. The normalized spacial score (nSPS) is 19.9. The van der Waals surface area contributed by atoms with Gasteiger partial charge in [-0.2, -0.15) is 0 Å². The summed E-state index contributed by atoms with van der Waals surface area (Å²) >= 11 is 0. The van der Waals surface area contributed by atoms with Crippen molar-refractivity contribution in [1.29, 1.82) is 0 Å². The van der Waals surface area contributed by atoms with Gasteiger partial charge in [-0.25, -0.2) is 9.98 Å². The summed E-state index contributed by atoms with van der Waals surface area (Å²) < 4.78 is 0. The van der Waals surface area contributed by atoms with E-state index in [0.717, 1.165) is 35.0 Å². The average molecular weight is 386 g/mol. The molecule has 148 valence electrons. The first-order valence-corrected chi connectivity index (χ1v) is 10.4. The highest BCUT2D eigenvalue weighted by Gasteiger charge is 2.50. The van der Waals surface area contributed by atoms with Crippen LogP contribution in [0.5, 0.6) is 0 Å². The molecule has 1 atom stereocenters. The zero-order valence-corrected chi connectivity index (χ0v) is 17.2. The highest BCUT2D eigenvalue weighted by Crippen LogP contribution is 2.54. The van der Waals surface area contributed by atoms with Crippen molar-refractivity contribution in [1.82, 2.24) is 14.9 Å². The molecule has 1 N–H and O–H groups in total. The Balaban J connectivity index is 1.59. The van der Waals surface area contributed by atoms with Gasteiger partial charge in [0.15, 0.2) is 5.82 Å². The molecule has 1 aromatic heterocycles. The van der Waals surface area contributed by atoms with E-state index >= 15 is 0 Å². The molecule has 0 bridgehead atoms. The van der Waals surface area contributed by atoms with E-state index in [9.17, 15) is 0 Å². The number of anilines is 1. The first kappa shape index (κ1) is 18.1. The van der Waals surface area contributed by atoms with Crippen LogP contribution in [-0.2, 0) is 0 Å². The molecule has 2 aromatic rings. The van der Waals surface area contributed by atoms with Gasteiger partial charge in [0.25, 0.3) is 0 Å². The molecule has 1 saturated heterocycles. The fourth-order valence-corrected chi connectivity index (χ4v) is 4.97. The maximum Gasteiger partial charge on any atom is 0.152 e. The van der Waals surface area contributed by atoms with Crippen LogP contribution in [0.15, 0.2) is 42.7 Å². The number of nitrogens with one attached hydrogen (secondary N) is 1. The van der Waals surface area contributed by atoms with E-state index in [1.54, 1.807) is 18.5 Å². The highest BCUT2D eigenvalue weighted by atomic mass is 15.3. The van der Waals surface area contributed by atoms with E-state index in [1.165, 1.54) is 42.6 Å². The number of benzene rings is 1. The molecule has 0 amide bonds. The Bertz CT molecular complexity index is 1050. The van der Waals surface area contributed by atoms with Gasteiger partial charge < -0.3 is 10.2 Å². The summed E-state index contributed by atoms with van der Waals surface area (Å²) in [7, 11) is 0. The number of rotatable bonds is 4. The number of hydrogen-bond acceptors (Lipinski definition) is 5. The lowest BCUT2D eigenvalue weighted by Crippen LogP contribution is -2.40. The van der Waals surface area contributed by atoms with Gasteiger partial charge in [0.1, 0.15) is 11.5 Å². The standard InChI is InChI=1S/C24H27N5/c1-5-20-22(26-11-10-25-20)27-16(3)18-13-15(2)14-19-17(4)29-12-9-24(7-6-8-24)23(29)28-21(18)19/h5,10-11,13-14,16H,1,4,6-9,12H2,2-3H3,(H,26,27). The maximum atomic E-state index is 5.26. The van der Waals surface area contributed by atoms with E-state index in [4.69, 9.17) is 4.99 Å². The van der Waals surface area contributed by atoms with Crippen LogP contribution in [0.4, 0.5) is 11.5 Å². The van der Waals surface area contributed by atoms with Gasteiger partial charge in [-0.15, -0.1) is 0 Å². The van der Waals surface area contributed by atoms with Crippen LogP contribution in [0, 0.1) is 12.3 Å². The molecule has 2 fully saturated rings. The topological polar surface area (TPSA) is 53.4 Å². The quantitative estimate of drug-likeness (QED) is 0.756. The van der Waals surface area contributed by atoms with Gasteiger partial charge >= 0.3 is 0 Å². The predicted molar refractivity (Wildman–Crippen MR) is 119 cm³/mol. The molecular weight excluding hydrogens is 358 g/mol. The van der Waals surface area contributed by atoms with Gasteiger partial charge in [-0.1, -0.05) is 25.6 Å². The molecule has 1 aliphatic carbocycles. The number of aryl methyl sites for hydroxylation is 1. The lowest BCUT2D eigenvalue weighted by atomic mass is 9.67. The number of aromatic nitrogens is 2. The van der Waals surface area contributed by atoms with Crippen molar-refractivity contribution in [3.8, 4) is 0 Å². The largest absolute Gasteiger partial charge is 0.362 e.